The molecule has 1 aromatic rings. The van der Waals surface area contributed by atoms with E-state index in [9.17, 15) is 0 Å². The van der Waals surface area contributed by atoms with E-state index in [1.807, 2.05) is 0 Å². The van der Waals surface area contributed by atoms with Gasteiger partial charge in [-0.1, -0.05) is 6.92 Å². The van der Waals surface area contributed by atoms with Gasteiger partial charge in [0.2, 0.25) is 0 Å². The summed E-state index contributed by atoms with van der Waals surface area (Å²) in [5.41, 5.74) is 2.55. The average molecular weight is 165 g/mol. The van der Waals surface area contributed by atoms with Crippen LogP contribution in [0.5, 0.6) is 0 Å². The van der Waals surface area contributed by atoms with E-state index < -0.39 is 0 Å². The van der Waals surface area contributed by atoms with E-state index in [2.05, 4.69) is 28.8 Å². The van der Waals surface area contributed by atoms with Crippen molar-refractivity contribution >= 4 is 0 Å². The molecule has 1 atom stereocenters. The topological polar surface area (TPSA) is 31.9 Å². The maximum Gasteiger partial charge on any atom is 0.0925 e. The predicted molar refractivity (Wildman–Crippen MR) is 47.8 cm³/mol. The van der Waals surface area contributed by atoms with Gasteiger partial charge in [0.15, 0.2) is 0 Å². The largest absolute Gasteiger partial charge is 0.347 e. The second-order valence-electron chi connectivity index (χ2n) is 3.83. The molecule has 12 heavy (non-hydrogen) atoms. The van der Waals surface area contributed by atoms with E-state index >= 15 is 0 Å². The van der Waals surface area contributed by atoms with E-state index in [1.54, 1.807) is 6.33 Å². The number of H-pyrrole nitrogens is 1. The zero-order valence-corrected chi connectivity index (χ0v) is 7.67. The predicted octanol–water partition coefficient (Wildman–Crippen LogP) is 1.03. The fraction of sp³-hybridized carbons (Fsp3) is 0.667. The lowest BCUT2D eigenvalue weighted by Gasteiger charge is -2.15. The molecule has 1 unspecified atom stereocenters. The van der Waals surface area contributed by atoms with Gasteiger partial charge in [-0.25, -0.2) is 4.98 Å². The fourth-order valence-corrected chi connectivity index (χ4v) is 1.92. The zero-order chi connectivity index (χ0) is 8.55. The zero-order valence-electron chi connectivity index (χ0n) is 7.67. The van der Waals surface area contributed by atoms with Crippen molar-refractivity contribution < 1.29 is 0 Å². The average Bonchev–Trinajstić information content (AvgIpc) is 2.31. The van der Waals surface area contributed by atoms with Crippen molar-refractivity contribution in [3.05, 3.63) is 17.7 Å². The highest BCUT2D eigenvalue weighted by Gasteiger charge is 2.17. The van der Waals surface area contributed by atoms with Crippen molar-refractivity contribution in [2.24, 2.45) is 5.92 Å². The molecule has 0 radical (unpaired) electrons. The summed E-state index contributed by atoms with van der Waals surface area (Å²) < 4.78 is 0. The second kappa shape index (κ2) is 2.90. The minimum atomic E-state index is 0.722. The van der Waals surface area contributed by atoms with Crippen LogP contribution in [0.2, 0.25) is 0 Å². The third-order valence-electron chi connectivity index (χ3n) is 2.40. The van der Waals surface area contributed by atoms with Crippen LogP contribution in [0.15, 0.2) is 6.33 Å². The van der Waals surface area contributed by atoms with E-state index in [-0.39, 0.29) is 0 Å². The summed E-state index contributed by atoms with van der Waals surface area (Å²) in [6, 6.07) is 0. The van der Waals surface area contributed by atoms with Crippen LogP contribution in [0.25, 0.3) is 0 Å². The van der Waals surface area contributed by atoms with Crippen LogP contribution in [0.3, 0.4) is 0 Å². The first kappa shape index (κ1) is 7.80. The smallest absolute Gasteiger partial charge is 0.0925 e. The Balaban J connectivity index is 2.27. The number of nitrogens with zero attached hydrogens (tertiary/aromatic N) is 2. The first-order valence-corrected chi connectivity index (χ1v) is 4.45. The van der Waals surface area contributed by atoms with Gasteiger partial charge >= 0.3 is 0 Å². The van der Waals surface area contributed by atoms with Gasteiger partial charge in [-0.3, -0.25) is 0 Å². The molecule has 0 saturated carbocycles. The molecule has 1 aliphatic heterocycles. The van der Waals surface area contributed by atoms with Crippen molar-refractivity contribution in [2.45, 2.75) is 19.9 Å². The summed E-state index contributed by atoms with van der Waals surface area (Å²) in [6.07, 6.45) is 2.92. The van der Waals surface area contributed by atoms with Gasteiger partial charge < -0.3 is 9.88 Å². The fourth-order valence-electron chi connectivity index (χ4n) is 1.92. The van der Waals surface area contributed by atoms with Crippen molar-refractivity contribution in [1.82, 2.24) is 14.9 Å². The van der Waals surface area contributed by atoms with E-state index in [1.165, 1.54) is 17.9 Å². The number of aromatic amines is 1. The number of hydrogen-bond acceptors (Lipinski definition) is 2. The maximum atomic E-state index is 4.32. The molecular formula is C9H15N3. The number of aromatic nitrogens is 2. The highest BCUT2D eigenvalue weighted by molar-refractivity contribution is 5.13. The van der Waals surface area contributed by atoms with Gasteiger partial charge in [0.05, 0.1) is 17.7 Å². The van der Waals surface area contributed by atoms with Gasteiger partial charge in [-0.15, -0.1) is 0 Å². The molecule has 1 aliphatic rings. The Morgan fingerprint density at radius 3 is 3.33 bits per heavy atom. The van der Waals surface area contributed by atoms with Crippen LogP contribution in [-0.2, 0) is 13.0 Å². The molecule has 0 bridgehead atoms. The Morgan fingerprint density at radius 1 is 1.67 bits per heavy atom. The van der Waals surface area contributed by atoms with Crippen LogP contribution < -0.4 is 0 Å². The quantitative estimate of drug-likeness (QED) is 0.622. The molecule has 0 fully saturated rings. The molecule has 3 heteroatoms. The summed E-state index contributed by atoms with van der Waals surface area (Å²) in [5.74, 6) is 0.722. The number of nitrogens with one attached hydrogen (secondary N) is 1. The molecule has 0 amide bonds. The normalized spacial score (nSPS) is 25.0. The highest BCUT2D eigenvalue weighted by atomic mass is 15.1. The van der Waals surface area contributed by atoms with Crippen molar-refractivity contribution in [1.29, 1.82) is 0 Å². The number of rotatable bonds is 0. The van der Waals surface area contributed by atoms with E-state index in [4.69, 9.17) is 0 Å². The molecule has 2 rings (SSSR count). The Hall–Kier alpha value is -0.830. The summed E-state index contributed by atoms with van der Waals surface area (Å²) in [7, 11) is 2.16. The number of hydrogen-bond donors (Lipinski definition) is 1. The molecule has 0 aromatic carbocycles. The van der Waals surface area contributed by atoms with Crippen LogP contribution >= 0.6 is 0 Å². The molecule has 2 heterocycles. The van der Waals surface area contributed by atoms with Crippen molar-refractivity contribution in [3.63, 3.8) is 0 Å². The van der Waals surface area contributed by atoms with Gasteiger partial charge in [0, 0.05) is 13.1 Å². The summed E-state index contributed by atoms with van der Waals surface area (Å²) in [6.45, 7) is 4.46. The molecule has 1 aromatic heterocycles. The van der Waals surface area contributed by atoms with Gasteiger partial charge in [-0.2, -0.15) is 0 Å². The summed E-state index contributed by atoms with van der Waals surface area (Å²) in [4.78, 5) is 9.86. The lowest BCUT2D eigenvalue weighted by molar-refractivity contribution is 0.288. The van der Waals surface area contributed by atoms with Crippen LogP contribution in [0.4, 0.5) is 0 Å². The Morgan fingerprint density at radius 2 is 2.50 bits per heavy atom. The van der Waals surface area contributed by atoms with Gasteiger partial charge in [0.25, 0.3) is 0 Å². The molecule has 66 valence electrons. The first-order valence-electron chi connectivity index (χ1n) is 4.45. The van der Waals surface area contributed by atoms with Crippen LogP contribution in [0, 0.1) is 5.92 Å². The molecule has 0 saturated heterocycles. The molecule has 1 N–H and O–H groups in total. The maximum absolute atomic E-state index is 4.32. The lowest BCUT2D eigenvalue weighted by Crippen LogP contribution is -2.22. The Bertz CT molecular complexity index is 242. The SMILES string of the molecule is CC1Cc2nc[nH]c2CN(C)C1. The molecule has 0 spiro atoms. The van der Waals surface area contributed by atoms with Crippen molar-refractivity contribution in [3.8, 4) is 0 Å². The third-order valence-corrected chi connectivity index (χ3v) is 2.40. The standard InChI is InChI=1S/C9H15N3/c1-7-3-8-9(11-6-10-8)5-12(2)4-7/h6-7H,3-5H2,1-2H3,(H,10,11). The van der Waals surface area contributed by atoms with E-state index in [0.717, 1.165) is 18.9 Å². The monoisotopic (exact) mass is 165 g/mol. The Kier molecular flexibility index (Phi) is 1.89. The Labute approximate surface area is 72.8 Å². The second-order valence-corrected chi connectivity index (χ2v) is 3.83. The molecule has 0 aliphatic carbocycles. The van der Waals surface area contributed by atoms with Gasteiger partial charge in [-0.05, 0) is 19.4 Å². The molecule has 3 nitrogen and oxygen atoms in total. The highest BCUT2D eigenvalue weighted by Crippen LogP contribution is 2.17. The summed E-state index contributed by atoms with van der Waals surface area (Å²) in [5, 5.41) is 0. The third kappa shape index (κ3) is 1.37. The molecular weight excluding hydrogens is 150 g/mol. The van der Waals surface area contributed by atoms with Crippen LogP contribution in [0.1, 0.15) is 18.3 Å². The van der Waals surface area contributed by atoms with Crippen molar-refractivity contribution in [2.75, 3.05) is 13.6 Å². The first-order chi connectivity index (χ1) is 5.75. The minimum absolute atomic E-state index is 0.722. The lowest BCUT2D eigenvalue weighted by atomic mass is 10.1. The summed E-state index contributed by atoms with van der Waals surface area (Å²) >= 11 is 0. The number of fused-ring (bicyclic) bond motifs is 1. The van der Waals surface area contributed by atoms with E-state index in [0.29, 0.717) is 0 Å². The van der Waals surface area contributed by atoms with Crippen LogP contribution in [-0.4, -0.2) is 28.5 Å². The minimum Gasteiger partial charge on any atom is -0.347 e. The van der Waals surface area contributed by atoms with Gasteiger partial charge in [0.1, 0.15) is 0 Å². The number of imidazole rings is 1.